The minimum absolute atomic E-state index is 0.367. The molecule has 0 spiro atoms. The van der Waals surface area contributed by atoms with Gasteiger partial charge >= 0.3 is 0 Å². The van der Waals surface area contributed by atoms with Gasteiger partial charge in [-0.05, 0) is 98.1 Å². The van der Waals surface area contributed by atoms with Gasteiger partial charge in [-0.25, -0.2) is 0 Å². The standard InChI is InChI=1S/C29H36N2O2/c1-4-31(20-22-7-5-21(6-8-22)15-16-30-2)29-19-27(33-3)13-14-28(29)25-10-9-24-18-26(32)12-11-23(24)17-25/h5-8,11-14,18-19,25,30,32H,4,9-10,15-17,20H2,1-3H3. The molecule has 33 heavy (non-hydrogen) atoms. The third kappa shape index (κ3) is 5.51. The number of likely N-dealkylation sites (N-methyl/N-ethyl adjacent to an activating group) is 1. The van der Waals surface area contributed by atoms with E-state index in [4.69, 9.17) is 4.74 Å². The highest BCUT2D eigenvalue weighted by Crippen LogP contribution is 2.40. The van der Waals surface area contributed by atoms with Crippen molar-refractivity contribution >= 4 is 5.69 Å². The molecule has 2 N–H and O–H groups in total. The summed E-state index contributed by atoms with van der Waals surface area (Å²) >= 11 is 0. The maximum atomic E-state index is 9.85. The molecular formula is C29H36N2O2. The molecule has 1 unspecified atom stereocenters. The Bertz CT molecular complexity index is 1060. The first-order chi connectivity index (χ1) is 16.1. The predicted octanol–water partition coefficient (Wildman–Crippen LogP) is 5.46. The van der Waals surface area contributed by atoms with Crippen molar-refractivity contribution in [1.29, 1.82) is 0 Å². The number of anilines is 1. The number of ether oxygens (including phenoxy) is 1. The second-order valence-corrected chi connectivity index (χ2v) is 9.00. The Hall–Kier alpha value is -2.98. The minimum atomic E-state index is 0.367. The van der Waals surface area contributed by atoms with Gasteiger partial charge in [0.25, 0.3) is 0 Å². The Morgan fingerprint density at radius 1 is 1.00 bits per heavy atom. The Balaban J connectivity index is 1.59. The third-order valence-corrected chi connectivity index (χ3v) is 6.88. The van der Waals surface area contributed by atoms with E-state index in [1.54, 1.807) is 7.11 Å². The Kier molecular flexibility index (Phi) is 7.56. The van der Waals surface area contributed by atoms with E-state index in [0.717, 1.165) is 51.1 Å². The molecule has 1 aliphatic rings. The van der Waals surface area contributed by atoms with Crippen molar-refractivity contribution in [2.75, 3.05) is 32.1 Å². The highest BCUT2D eigenvalue weighted by molar-refractivity contribution is 5.60. The summed E-state index contributed by atoms with van der Waals surface area (Å²) in [6.07, 6.45) is 4.15. The number of nitrogens with one attached hydrogen (secondary N) is 1. The molecule has 0 saturated carbocycles. The third-order valence-electron chi connectivity index (χ3n) is 6.88. The molecule has 1 aliphatic carbocycles. The van der Waals surface area contributed by atoms with Crippen LogP contribution < -0.4 is 15.0 Å². The van der Waals surface area contributed by atoms with Gasteiger partial charge in [-0.2, -0.15) is 0 Å². The van der Waals surface area contributed by atoms with Crippen LogP contribution in [-0.2, 0) is 25.8 Å². The van der Waals surface area contributed by atoms with Crippen molar-refractivity contribution in [2.24, 2.45) is 0 Å². The molecule has 0 fully saturated rings. The fraction of sp³-hybridized carbons (Fsp3) is 0.379. The number of nitrogens with zero attached hydrogens (tertiary/aromatic N) is 1. The van der Waals surface area contributed by atoms with Crippen LogP contribution in [0.25, 0.3) is 0 Å². The SMILES string of the molecule is CCN(Cc1ccc(CCNC)cc1)c1cc(OC)ccc1C1CCc2cc(O)ccc2C1. The number of methoxy groups -OCH3 is 1. The lowest BCUT2D eigenvalue weighted by Crippen LogP contribution is -2.25. The molecule has 0 radical (unpaired) electrons. The number of phenolic OH excluding ortho intramolecular Hbond substituents is 1. The Morgan fingerprint density at radius 2 is 1.79 bits per heavy atom. The van der Waals surface area contributed by atoms with Crippen molar-refractivity contribution in [1.82, 2.24) is 5.32 Å². The van der Waals surface area contributed by atoms with Gasteiger partial charge in [0.1, 0.15) is 11.5 Å². The lowest BCUT2D eigenvalue weighted by Gasteiger charge is -2.32. The molecule has 0 aromatic heterocycles. The maximum Gasteiger partial charge on any atom is 0.120 e. The van der Waals surface area contributed by atoms with Crippen molar-refractivity contribution in [3.8, 4) is 11.5 Å². The van der Waals surface area contributed by atoms with Gasteiger partial charge in [0.2, 0.25) is 0 Å². The van der Waals surface area contributed by atoms with Gasteiger partial charge in [-0.3, -0.25) is 0 Å². The predicted molar refractivity (Wildman–Crippen MR) is 137 cm³/mol. The number of hydrogen-bond acceptors (Lipinski definition) is 4. The topological polar surface area (TPSA) is 44.7 Å². The summed E-state index contributed by atoms with van der Waals surface area (Å²) in [5.41, 5.74) is 7.98. The Labute approximate surface area is 198 Å². The molecule has 3 aromatic carbocycles. The molecule has 1 atom stereocenters. The molecule has 174 valence electrons. The van der Waals surface area contributed by atoms with Crippen molar-refractivity contribution in [3.05, 3.63) is 88.5 Å². The molecular weight excluding hydrogens is 408 g/mol. The van der Waals surface area contributed by atoms with Crippen LogP contribution in [-0.4, -0.2) is 32.4 Å². The lowest BCUT2D eigenvalue weighted by molar-refractivity contribution is 0.414. The zero-order chi connectivity index (χ0) is 23.2. The van der Waals surface area contributed by atoms with Gasteiger partial charge in [0.05, 0.1) is 7.11 Å². The smallest absolute Gasteiger partial charge is 0.120 e. The molecule has 0 saturated heterocycles. The molecule has 0 aliphatic heterocycles. The van der Waals surface area contributed by atoms with Crippen LogP contribution in [0.3, 0.4) is 0 Å². The number of hydrogen-bond donors (Lipinski definition) is 2. The molecule has 3 aromatic rings. The van der Waals surface area contributed by atoms with Gasteiger partial charge in [-0.1, -0.05) is 36.4 Å². The highest BCUT2D eigenvalue weighted by atomic mass is 16.5. The van der Waals surface area contributed by atoms with E-state index in [1.165, 1.54) is 33.5 Å². The van der Waals surface area contributed by atoms with Crippen molar-refractivity contribution < 1.29 is 9.84 Å². The Morgan fingerprint density at radius 3 is 2.52 bits per heavy atom. The lowest BCUT2D eigenvalue weighted by atomic mass is 9.79. The van der Waals surface area contributed by atoms with E-state index in [0.29, 0.717) is 11.7 Å². The van der Waals surface area contributed by atoms with Gasteiger partial charge in [0, 0.05) is 24.8 Å². The molecule has 0 heterocycles. The van der Waals surface area contributed by atoms with Crippen LogP contribution >= 0.6 is 0 Å². The van der Waals surface area contributed by atoms with Gasteiger partial charge in [0.15, 0.2) is 0 Å². The van der Waals surface area contributed by atoms with E-state index in [2.05, 4.69) is 65.7 Å². The van der Waals surface area contributed by atoms with Gasteiger partial charge < -0.3 is 20.1 Å². The van der Waals surface area contributed by atoms with Crippen LogP contribution in [0.4, 0.5) is 5.69 Å². The van der Waals surface area contributed by atoms with Crippen LogP contribution in [0.1, 0.15) is 47.1 Å². The van der Waals surface area contributed by atoms with E-state index in [1.807, 2.05) is 19.2 Å². The number of benzene rings is 3. The fourth-order valence-electron chi connectivity index (χ4n) is 4.94. The summed E-state index contributed by atoms with van der Waals surface area (Å²) in [7, 11) is 3.73. The molecule has 4 rings (SSSR count). The summed E-state index contributed by atoms with van der Waals surface area (Å²) in [6.45, 7) is 5.03. The first-order valence-electron chi connectivity index (χ1n) is 12.1. The minimum Gasteiger partial charge on any atom is -0.508 e. The number of rotatable bonds is 9. The van der Waals surface area contributed by atoms with E-state index >= 15 is 0 Å². The summed E-state index contributed by atoms with van der Waals surface area (Å²) in [5.74, 6) is 1.73. The number of aryl methyl sites for hydroxylation is 1. The van der Waals surface area contributed by atoms with E-state index in [9.17, 15) is 5.11 Å². The fourth-order valence-corrected chi connectivity index (χ4v) is 4.94. The maximum absolute atomic E-state index is 9.85. The number of phenols is 1. The van der Waals surface area contributed by atoms with Crippen LogP contribution in [0.15, 0.2) is 60.7 Å². The second-order valence-electron chi connectivity index (χ2n) is 9.00. The van der Waals surface area contributed by atoms with Crippen molar-refractivity contribution in [3.63, 3.8) is 0 Å². The van der Waals surface area contributed by atoms with Crippen LogP contribution in [0, 0.1) is 0 Å². The van der Waals surface area contributed by atoms with Crippen LogP contribution in [0.5, 0.6) is 11.5 Å². The molecule has 0 amide bonds. The first-order valence-corrected chi connectivity index (χ1v) is 12.1. The highest BCUT2D eigenvalue weighted by Gasteiger charge is 2.24. The zero-order valence-electron chi connectivity index (χ0n) is 20.1. The average molecular weight is 445 g/mol. The molecule has 4 nitrogen and oxygen atoms in total. The zero-order valence-corrected chi connectivity index (χ0v) is 20.1. The van der Waals surface area contributed by atoms with E-state index < -0.39 is 0 Å². The first kappa shape index (κ1) is 23.2. The molecule has 0 bridgehead atoms. The second kappa shape index (κ2) is 10.8. The normalized spacial score (nSPS) is 15.2. The van der Waals surface area contributed by atoms with Crippen molar-refractivity contribution in [2.45, 2.75) is 45.1 Å². The molecule has 4 heteroatoms. The van der Waals surface area contributed by atoms with E-state index in [-0.39, 0.29) is 0 Å². The quantitative estimate of drug-likeness (QED) is 0.460. The number of fused-ring (bicyclic) bond motifs is 1. The summed E-state index contributed by atoms with van der Waals surface area (Å²) in [5, 5.41) is 13.1. The summed E-state index contributed by atoms with van der Waals surface area (Å²) < 4.78 is 5.60. The van der Waals surface area contributed by atoms with Gasteiger partial charge in [-0.15, -0.1) is 0 Å². The summed E-state index contributed by atoms with van der Waals surface area (Å²) in [4.78, 5) is 2.47. The summed E-state index contributed by atoms with van der Waals surface area (Å²) in [6, 6.07) is 21.4. The monoisotopic (exact) mass is 444 g/mol. The largest absolute Gasteiger partial charge is 0.508 e. The average Bonchev–Trinajstić information content (AvgIpc) is 2.86. The van der Waals surface area contributed by atoms with Crippen LogP contribution in [0.2, 0.25) is 0 Å². The number of aromatic hydroxyl groups is 1.